The third-order valence-electron chi connectivity index (χ3n) is 21.7. The first-order valence-corrected chi connectivity index (χ1v) is 47.9. The summed E-state index contributed by atoms with van der Waals surface area (Å²) in [5, 5.41) is 22.6. The van der Waals surface area contributed by atoms with Crippen molar-refractivity contribution in [2.75, 3.05) is 0 Å². The van der Waals surface area contributed by atoms with Gasteiger partial charge < -0.3 is 33.2 Å². The molecule has 0 bridgehead atoms. The zero-order valence-electron chi connectivity index (χ0n) is 85.0. The fourth-order valence-electron chi connectivity index (χ4n) is 13.0. The molecule has 0 atom stereocenters. The van der Waals surface area contributed by atoms with Gasteiger partial charge in [0.15, 0.2) is 13.2 Å². The van der Waals surface area contributed by atoms with Gasteiger partial charge in [0, 0.05) is 77.3 Å². The lowest BCUT2D eigenvalue weighted by Crippen LogP contribution is -2.39. The second kappa shape index (κ2) is 51.1. The first-order chi connectivity index (χ1) is 64.8. The van der Waals surface area contributed by atoms with E-state index in [0.29, 0.717) is 98.3 Å². The van der Waals surface area contributed by atoms with Crippen molar-refractivity contribution in [3.05, 3.63) is 400 Å². The maximum atomic E-state index is 9.90. The van der Waals surface area contributed by atoms with Crippen LogP contribution in [-0.2, 0) is 84.2 Å². The standard InChI is InChI=1S/C18H23NO.C17H21ClNO2.C17H21NO.C16H19ClN2O.C16H19ClNO2.C16H18ClNO.C15H17ClN2O/c1-13-11-15(18(3,4)5)9-10-17(13)20-12-16-8-6-7-14(2)19-16;1-12-6-5-7-14(19(12)20)11-21-16-9-8-13(10-15(16)18)17(2,3)4;1-13-11-14(17(2,3)4)8-9-16(13)19-12-15-7-5-6-10-18-15;1-11-8-18-9-13(19-11)10-20-15-6-5-12(7-14(15)17)16(2,3)4;1-16(2,3)12-7-8-15(14(17)10-12)20-11-13-6-4-5-9-18(13)19;1-16(2,3)12-7-8-15(14(17)10-12)19-11-13-6-4-5-9-18-13;1-15(2,3)11-4-5-14(13(16)8-11)19-10-12-9-17-6-7-18-12/h6-11H,12H2,1-5H3;5-10,20H,11H2,1-4H3;5-11H,12H2,1-4H3;5-9H,10H2,1-4H3;4-10,19H,11H2,1-3H3;4-10H,11H2,1-3H3;4-9H,10H2,1-3H3/q;+1;;;+1;;. The van der Waals surface area contributed by atoms with Crippen molar-refractivity contribution < 1.29 is 53.0 Å². The number of ether oxygens (including phenoxy) is 7. The monoisotopic (exact) mass is 1960 g/mol. The van der Waals surface area contributed by atoms with Gasteiger partial charge in [0.25, 0.3) is 11.4 Å². The van der Waals surface area contributed by atoms with E-state index < -0.39 is 0 Å². The number of pyridine rings is 5. The van der Waals surface area contributed by atoms with Crippen molar-refractivity contribution in [1.82, 2.24) is 34.9 Å². The number of aryl methyl sites for hydroxylation is 5. The van der Waals surface area contributed by atoms with Crippen LogP contribution in [0.4, 0.5) is 0 Å². The van der Waals surface area contributed by atoms with E-state index in [-0.39, 0.29) is 51.1 Å². The average molecular weight is 1970 g/mol. The van der Waals surface area contributed by atoms with E-state index in [9.17, 15) is 10.4 Å². The van der Waals surface area contributed by atoms with Crippen LogP contribution in [0.25, 0.3) is 0 Å². The number of hydrogen-bond donors (Lipinski definition) is 2. The molecule has 0 radical (unpaired) electrons. The summed E-state index contributed by atoms with van der Waals surface area (Å²) < 4.78 is 42.3. The van der Waals surface area contributed by atoms with Gasteiger partial charge in [-0.05, 0) is 237 Å². The summed E-state index contributed by atoms with van der Waals surface area (Å²) >= 11 is 31.3. The molecule has 138 heavy (non-hydrogen) atoms. The molecule has 730 valence electrons. The van der Waals surface area contributed by atoms with Gasteiger partial charge in [0.05, 0.1) is 71.7 Å². The van der Waals surface area contributed by atoms with E-state index in [0.717, 1.165) is 77.6 Å². The molecule has 23 heteroatoms. The smallest absolute Gasteiger partial charge is 0.271 e. The predicted octanol–water partition coefficient (Wildman–Crippen LogP) is 29.6. The van der Waals surface area contributed by atoms with Gasteiger partial charge >= 0.3 is 0 Å². The topological polar surface area (TPSA) is 203 Å². The summed E-state index contributed by atoms with van der Waals surface area (Å²) in [5.41, 5.74) is 19.9. The normalized spacial score (nSPS) is 11.4. The molecule has 7 aromatic carbocycles. The Kier molecular flexibility index (Phi) is 41.3. The van der Waals surface area contributed by atoms with Crippen LogP contribution in [0.3, 0.4) is 0 Å². The van der Waals surface area contributed by atoms with Crippen molar-refractivity contribution in [3.63, 3.8) is 0 Å². The van der Waals surface area contributed by atoms with Crippen molar-refractivity contribution in [2.45, 2.75) is 264 Å². The Balaban J connectivity index is 0.000000198. The SMILES string of the molecule is CC(C)(C)c1ccc(OCc2cccc[n+]2O)c(Cl)c1.CC(C)(C)c1ccc(OCc2ccccn2)c(Cl)c1.CC(C)(C)c1ccc(OCc2cnccn2)c(Cl)c1.Cc1cc(C(C)(C)C)ccc1OCc1ccccn1.Cc1cccc(COc2ccc(C(C)(C)C)cc2C)n1.Cc1cccc(COc2ccc(C(C)(C)C)cc2Cl)[n+]1O.Cc1cncc(COc2ccc(C(C)(C)C)cc2Cl)n1. The zero-order valence-corrected chi connectivity index (χ0v) is 88.8. The van der Waals surface area contributed by atoms with Crippen molar-refractivity contribution in [1.29, 1.82) is 0 Å². The molecule has 0 aliphatic rings. The molecule has 0 amide bonds. The molecule has 0 fully saturated rings. The second-order valence-electron chi connectivity index (χ2n) is 40.7. The fourth-order valence-corrected chi connectivity index (χ4v) is 14.2. The third kappa shape index (κ3) is 37.1. The average Bonchev–Trinajstić information content (AvgIpc) is 0.853. The van der Waals surface area contributed by atoms with E-state index in [1.807, 2.05) is 185 Å². The number of aromatic nitrogens is 9. The first kappa shape index (κ1) is 111. The number of halogens is 5. The Morgan fingerprint density at radius 3 is 0.906 bits per heavy atom. The Hall–Kier alpha value is -11.9. The lowest BCUT2D eigenvalue weighted by Gasteiger charge is -2.20. The van der Waals surface area contributed by atoms with Gasteiger partial charge in [-0.15, -0.1) is 0 Å². The zero-order chi connectivity index (χ0) is 102. The molecule has 0 saturated heterocycles. The number of benzene rings is 7. The van der Waals surface area contributed by atoms with E-state index in [2.05, 4.69) is 237 Å². The van der Waals surface area contributed by atoms with E-state index >= 15 is 0 Å². The van der Waals surface area contributed by atoms with E-state index in [1.165, 1.54) is 38.9 Å². The maximum absolute atomic E-state index is 9.90. The minimum atomic E-state index is 0.0484. The minimum Gasteiger partial charge on any atom is -0.487 e. The van der Waals surface area contributed by atoms with Crippen molar-refractivity contribution in [3.8, 4) is 40.2 Å². The molecule has 0 unspecified atom stereocenters. The molecule has 14 aromatic rings. The van der Waals surface area contributed by atoms with Gasteiger partial charge in [0.1, 0.15) is 73.3 Å². The highest BCUT2D eigenvalue weighted by atomic mass is 35.5. The molecular formula is C115H138Cl5N9O9+2. The third-order valence-corrected chi connectivity index (χ3v) is 23.2. The summed E-state index contributed by atoms with van der Waals surface area (Å²) in [6.07, 6.45) is 13.5. The molecule has 0 aliphatic heterocycles. The quantitative estimate of drug-likeness (QED) is 0.0507. The number of nitrogens with zero attached hydrogens (tertiary/aromatic N) is 9. The minimum absolute atomic E-state index is 0.0484. The van der Waals surface area contributed by atoms with Gasteiger partial charge in [-0.1, -0.05) is 276 Å². The van der Waals surface area contributed by atoms with Gasteiger partial charge in [-0.25, -0.2) is 0 Å². The molecule has 0 saturated carbocycles. The Morgan fingerprint density at radius 2 is 0.565 bits per heavy atom. The van der Waals surface area contributed by atoms with Gasteiger partial charge in [-0.3, -0.25) is 45.3 Å². The Morgan fingerprint density at radius 1 is 0.261 bits per heavy atom. The summed E-state index contributed by atoms with van der Waals surface area (Å²) in [6, 6.07) is 70.7. The molecule has 2 N–H and O–H groups in total. The van der Waals surface area contributed by atoms with Crippen LogP contribution in [0, 0.1) is 34.6 Å². The summed E-state index contributed by atoms with van der Waals surface area (Å²) in [4.78, 5) is 29.5. The Bertz CT molecular complexity index is 5850. The lowest BCUT2D eigenvalue weighted by atomic mass is 9.86. The number of hydrogen-bond acceptors (Lipinski definition) is 16. The van der Waals surface area contributed by atoms with Gasteiger partial charge in [0.2, 0.25) is 11.9 Å². The molecule has 0 aliphatic carbocycles. The molecular weight excluding hydrogens is 1830 g/mol. The number of rotatable bonds is 21. The molecule has 7 aromatic heterocycles. The summed E-state index contributed by atoms with van der Waals surface area (Å²) in [6.45, 7) is 58.1. The van der Waals surface area contributed by atoms with Gasteiger partial charge in [-0.2, -0.15) is 0 Å². The van der Waals surface area contributed by atoms with Crippen molar-refractivity contribution >= 4 is 58.0 Å². The summed E-state index contributed by atoms with van der Waals surface area (Å²) in [7, 11) is 0. The van der Waals surface area contributed by atoms with Crippen molar-refractivity contribution in [2.24, 2.45) is 0 Å². The van der Waals surface area contributed by atoms with Crippen LogP contribution in [-0.4, -0.2) is 45.3 Å². The highest BCUT2D eigenvalue weighted by molar-refractivity contribution is 6.33. The fraction of sp³-hybridized carbons (Fsp3) is 0.348. The van der Waals surface area contributed by atoms with Crippen LogP contribution in [0.1, 0.15) is 252 Å². The van der Waals surface area contributed by atoms with Crippen LogP contribution >= 0.6 is 58.0 Å². The highest BCUT2D eigenvalue weighted by Gasteiger charge is 2.24. The molecule has 14 rings (SSSR count). The highest BCUT2D eigenvalue weighted by Crippen LogP contribution is 2.39. The second-order valence-corrected chi connectivity index (χ2v) is 42.8. The van der Waals surface area contributed by atoms with E-state index in [4.69, 9.17) is 91.2 Å². The molecule has 0 spiro atoms. The van der Waals surface area contributed by atoms with E-state index in [1.54, 1.807) is 61.7 Å². The molecule has 7 heterocycles. The first-order valence-electron chi connectivity index (χ1n) is 46.0. The van der Waals surface area contributed by atoms with Crippen LogP contribution in [0.5, 0.6) is 40.2 Å². The van der Waals surface area contributed by atoms with Crippen LogP contribution < -0.4 is 42.6 Å². The Labute approximate surface area is 844 Å². The largest absolute Gasteiger partial charge is 0.487 e. The predicted molar refractivity (Wildman–Crippen MR) is 559 cm³/mol. The maximum Gasteiger partial charge on any atom is 0.271 e. The lowest BCUT2D eigenvalue weighted by molar-refractivity contribution is -0.914. The summed E-state index contributed by atoms with van der Waals surface area (Å²) in [5.74, 6) is 5.12. The van der Waals surface area contributed by atoms with Crippen LogP contribution in [0.2, 0.25) is 25.1 Å². The van der Waals surface area contributed by atoms with Crippen LogP contribution in [0.15, 0.2) is 268 Å². The molecule has 18 nitrogen and oxygen atoms in total.